The fourth-order valence-electron chi connectivity index (χ4n) is 5.75. The number of benzene rings is 2. The van der Waals surface area contributed by atoms with E-state index in [1.165, 1.54) is 65.0 Å². The van der Waals surface area contributed by atoms with E-state index in [0.717, 1.165) is 50.6 Å². The first-order valence-corrected chi connectivity index (χ1v) is 28.5. The van der Waals surface area contributed by atoms with E-state index < -0.39 is 116 Å². The Morgan fingerprint density at radius 3 is 1.32 bits per heavy atom. The first-order chi connectivity index (χ1) is 47.3. The summed E-state index contributed by atoms with van der Waals surface area (Å²) < 4.78 is 283. The number of halogens is 30. The minimum atomic E-state index is -4.97. The lowest BCUT2D eigenvalue weighted by molar-refractivity contribution is -0.276. The number of carbonyl (C=O) groups excluding carboxylic acids is 5. The number of aryl methyl sites for hydroxylation is 4. The number of aldehydes is 1. The van der Waals surface area contributed by atoms with Crippen molar-refractivity contribution >= 4 is 129 Å². The van der Waals surface area contributed by atoms with Crippen LogP contribution in [-0.2, 0) is 14.3 Å². The molecule has 0 saturated heterocycles. The average molecular weight is 1710 g/mol. The summed E-state index contributed by atoms with van der Waals surface area (Å²) in [6, 6.07) is 13.1. The predicted molar refractivity (Wildman–Crippen MR) is 319 cm³/mol. The molecule has 2 aromatic carbocycles. The Morgan fingerprint density at radius 1 is 0.442 bits per heavy atom. The minimum absolute atomic E-state index is 0.000440. The van der Waals surface area contributed by atoms with E-state index in [-0.39, 0.29) is 66.7 Å². The molecule has 51 heteroatoms. The molecule has 0 fully saturated rings. The normalized spacial score (nSPS) is 11.1. The molecule has 0 amide bonds. The summed E-state index contributed by atoms with van der Waals surface area (Å²) >= 11 is 48.3. The van der Waals surface area contributed by atoms with Gasteiger partial charge in [0.2, 0.25) is 16.8 Å². The maximum absolute atomic E-state index is 12.2. The van der Waals surface area contributed by atoms with E-state index in [1.807, 2.05) is 0 Å². The van der Waals surface area contributed by atoms with Crippen molar-refractivity contribution in [1.82, 2.24) is 34.9 Å². The molecule has 5 aromatic heterocycles. The number of hydrogen-bond donors (Lipinski definition) is 0. The monoisotopic (exact) mass is 1700 g/mol. The van der Waals surface area contributed by atoms with Crippen molar-refractivity contribution in [1.29, 1.82) is 0 Å². The van der Waals surface area contributed by atoms with Crippen LogP contribution in [0, 0.1) is 27.7 Å². The summed E-state index contributed by atoms with van der Waals surface area (Å²) in [7, 11) is 2.18. The molecule has 0 radical (unpaired) electrons. The molecule has 7 aromatic rings. The highest BCUT2D eigenvalue weighted by Gasteiger charge is 2.39. The van der Waals surface area contributed by atoms with Gasteiger partial charge in [0.1, 0.15) is 33.9 Å². The van der Waals surface area contributed by atoms with Crippen LogP contribution < -0.4 is 37.9 Å². The van der Waals surface area contributed by atoms with E-state index in [0.29, 0.717) is 17.5 Å². The first kappa shape index (κ1) is 95.8. The molecule has 0 saturated carbocycles. The summed E-state index contributed by atoms with van der Waals surface area (Å²) in [5.41, 5.74) is 0.291. The molecule has 21 nitrogen and oxygen atoms in total. The largest absolute Gasteiger partial charge is 0.573 e. The SMILES string of the molecule is CC(=O)c1ccc(C)c(OC(F)(F)F)c1.COC(=O)c1nc(C)cc(OC)c1OC(F)(F)F.Cc1nc(Cl)c(OC(F)(F)F)c(Cl)n1.Cc1nc(Cl)nc(Cl)c1OC(F)(F)F.FC(F)(F)Oc1c(Cl)cc(Cl)nc1Cl.FC(F)(F)Oc1ccc(Cl)nc1Cl.O=C=O.O=Cc1cccc(OC(F)(F)F)c1. The van der Waals surface area contributed by atoms with Crippen LogP contribution in [-0.4, -0.2) is 118 Å². The lowest BCUT2D eigenvalue weighted by atomic mass is 10.1. The number of esters is 1. The lowest BCUT2D eigenvalue weighted by Gasteiger charge is -2.15. The number of rotatable bonds is 11. The maximum Gasteiger partial charge on any atom is 0.573 e. The zero-order chi connectivity index (χ0) is 81.0. The van der Waals surface area contributed by atoms with Gasteiger partial charge in [0.15, 0.2) is 60.2 Å². The lowest BCUT2D eigenvalue weighted by Crippen LogP contribution is -2.21. The molecule has 0 aliphatic carbocycles. The fraction of sp³-hybridized carbons (Fsp3) is 0.264. The average Bonchev–Trinajstić information content (AvgIpc) is 0.819. The molecule has 0 unspecified atom stereocenters. The summed E-state index contributed by atoms with van der Waals surface area (Å²) in [5, 5.41) is -3.09. The van der Waals surface area contributed by atoms with Gasteiger partial charge in [0.25, 0.3) is 0 Å². The molecular weight excluding hydrogens is 1680 g/mol. The topological polar surface area (TPSA) is 259 Å². The number of aromatic nitrogens is 7. The molecule has 5 heterocycles. The number of pyridine rings is 3. The number of Topliss-reactive ketones (excluding diaryl/α,β-unsaturated/α-hetero) is 1. The Labute approximate surface area is 611 Å². The molecular formula is C53H33Cl9F21N7O14. The molecule has 0 N–H and O–H groups in total. The van der Waals surface area contributed by atoms with Crippen molar-refractivity contribution in [3.8, 4) is 46.0 Å². The fourth-order valence-corrected chi connectivity index (χ4v) is 7.99. The number of ketones is 1. The Kier molecular flexibility index (Phi) is 38.7. The van der Waals surface area contributed by atoms with Crippen LogP contribution in [0.15, 0.2) is 66.7 Å². The summed E-state index contributed by atoms with van der Waals surface area (Å²) in [5.74, 6) is -5.73. The van der Waals surface area contributed by atoms with E-state index in [9.17, 15) is 107 Å². The number of methoxy groups -OCH3 is 2. The van der Waals surface area contributed by atoms with Gasteiger partial charge >= 0.3 is 56.7 Å². The third-order valence-electron chi connectivity index (χ3n) is 9.31. The zero-order valence-corrected chi connectivity index (χ0v) is 57.9. The van der Waals surface area contributed by atoms with E-state index in [2.05, 4.69) is 72.8 Å². The third kappa shape index (κ3) is 40.7. The van der Waals surface area contributed by atoms with Crippen molar-refractivity contribution in [2.45, 2.75) is 79.2 Å². The van der Waals surface area contributed by atoms with Gasteiger partial charge in [0, 0.05) is 22.9 Å². The van der Waals surface area contributed by atoms with Crippen molar-refractivity contribution in [2.75, 3.05) is 14.2 Å². The molecule has 7 rings (SSSR count). The van der Waals surface area contributed by atoms with E-state index in [1.54, 1.807) is 0 Å². The summed E-state index contributed by atoms with van der Waals surface area (Å²) in [6.07, 6.45) is -33.1. The highest BCUT2D eigenvalue weighted by Crippen LogP contribution is 2.40. The van der Waals surface area contributed by atoms with Crippen molar-refractivity contribution in [3.63, 3.8) is 0 Å². The van der Waals surface area contributed by atoms with Gasteiger partial charge in [-0.05, 0) is 88.2 Å². The number of nitrogens with zero attached hydrogens (tertiary/aromatic N) is 7. The molecule has 574 valence electrons. The van der Waals surface area contributed by atoms with Crippen LogP contribution in [0.4, 0.5) is 92.2 Å². The molecule has 0 aliphatic rings. The van der Waals surface area contributed by atoms with Crippen LogP contribution in [0.1, 0.15) is 60.9 Å². The smallest absolute Gasteiger partial charge is 0.493 e. The summed E-state index contributed by atoms with van der Waals surface area (Å²) in [6.45, 7) is 6.97. The van der Waals surface area contributed by atoms with Gasteiger partial charge in [0.05, 0.1) is 24.9 Å². The molecule has 104 heavy (non-hydrogen) atoms. The molecule has 0 atom stereocenters. The molecule has 0 bridgehead atoms. The Balaban J connectivity index is 0.00000118. The molecule has 0 spiro atoms. The minimum Gasteiger partial charge on any atom is -0.493 e. The predicted octanol–water partition coefficient (Wildman–Crippen LogP) is 20.2. The van der Waals surface area contributed by atoms with Crippen molar-refractivity contribution in [2.24, 2.45) is 0 Å². The van der Waals surface area contributed by atoms with Crippen LogP contribution in [0.25, 0.3) is 0 Å². The van der Waals surface area contributed by atoms with Gasteiger partial charge in [-0.1, -0.05) is 117 Å². The van der Waals surface area contributed by atoms with Crippen molar-refractivity contribution in [3.05, 3.63) is 153 Å². The second kappa shape index (κ2) is 42.1. The number of hydrogen-bond acceptors (Lipinski definition) is 21. The van der Waals surface area contributed by atoms with Gasteiger partial charge in [-0.3, -0.25) is 9.59 Å². The standard InChI is InChI=1S/C10H10F3NO4.C10H9F3O2.C8H5F3O2.C6HCl3F3NO.2C6H3Cl2F3N2O.C6H2Cl2F3NO.CO2/c1-5-4-6(16-2)8(18-10(11,12)13)7(14-5)9(15)17-3;1-6-3-4-8(7(2)14)5-9(6)15-10(11,12)13;9-8(10,11)13-7-3-1-2-6(4-7)5-12;7-2-1-3(8)13-5(9)4(2)14-6(10,11)12;1-2-12-4(7)3(5(8)13-2)14-6(9,10)11;1-2-3(14-6(9,10)11)4(7)13-5(8)12-2;7-4-2-1-3(5(8)12-4)13-6(9,10)11;2-1-3/h4H,1-3H3;3-5H,1-2H3;1-5H;1H;2*1H3;1-2H;. The maximum atomic E-state index is 12.2. The van der Waals surface area contributed by atoms with Crippen LogP contribution in [0.5, 0.6) is 46.0 Å². The highest BCUT2D eigenvalue weighted by atomic mass is 35.5. The van der Waals surface area contributed by atoms with Gasteiger partial charge in [-0.25, -0.2) is 39.7 Å². The van der Waals surface area contributed by atoms with Crippen molar-refractivity contribution < 1.29 is 159 Å². The van der Waals surface area contributed by atoms with E-state index in [4.69, 9.17) is 119 Å². The number of alkyl halides is 21. The summed E-state index contributed by atoms with van der Waals surface area (Å²) in [4.78, 5) is 72.8. The Hall–Kier alpha value is -8.22. The second-order valence-corrected chi connectivity index (χ2v) is 20.4. The van der Waals surface area contributed by atoms with Gasteiger partial charge in [-0.15, -0.1) is 92.2 Å². The van der Waals surface area contributed by atoms with Crippen LogP contribution >= 0.6 is 104 Å². The van der Waals surface area contributed by atoms with Crippen LogP contribution in [0.3, 0.4) is 0 Å². The van der Waals surface area contributed by atoms with Gasteiger partial charge in [-0.2, -0.15) is 9.59 Å². The zero-order valence-electron chi connectivity index (χ0n) is 51.1. The third-order valence-corrected chi connectivity index (χ3v) is 11.5. The molecule has 0 aliphatic heterocycles. The first-order valence-electron chi connectivity index (χ1n) is 25.1. The number of carbonyl (C=O) groups is 3. The van der Waals surface area contributed by atoms with Gasteiger partial charge < -0.3 is 42.6 Å². The Bertz CT molecular complexity index is 3810. The Morgan fingerprint density at radius 2 is 0.885 bits per heavy atom. The number of ether oxygens (including phenoxy) is 9. The quantitative estimate of drug-likeness (QED) is 0.0222. The second-order valence-electron chi connectivity index (χ2n) is 17.1. The van der Waals surface area contributed by atoms with E-state index >= 15 is 0 Å². The highest BCUT2D eigenvalue weighted by molar-refractivity contribution is 6.39. The van der Waals surface area contributed by atoms with Crippen LogP contribution in [0.2, 0.25) is 46.4 Å².